The fourth-order valence-electron chi connectivity index (χ4n) is 2.56. The second-order valence-corrected chi connectivity index (χ2v) is 7.03. The summed E-state index contributed by atoms with van der Waals surface area (Å²) in [4.78, 5) is 14.0. The number of carbonyl (C=O) groups is 1. The molecule has 1 atom stereocenters. The summed E-state index contributed by atoms with van der Waals surface area (Å²) in [5.41, 5.74) is 2.85. The second kappa shape index (κ2) is 5.23. The highest BCUT2D eigenvalue weighted by Crippen LogP contribution is 2.30. The Balaban J connectivity index is 1.88. The molecule has 1 aliphatic heterocycles. The van der Waals surface area contributed by atoms with Gasteiger partial charge in [0.25, 0.3) is 16.0 Å². The van der Waals surface area contributed by atoms with Gasteiger partial charge >= 0.3 is 0 Å². The van der Waals surface area contributed by atoms with Crippen molar-refractivity contribution in [2.75, 3.05) is 4.90 Å². The van der Waals surface area contributed by atoms with Crippen LogP contribution in [0, 0.1) is 0 Å². The van der Waals surface area contributed by atoms with Gasteiger partial charge in [0.05, 0.1) is 6.54 Å². The van der Waals surface area contributed by atoms with Crippen molar-refractivity contribution in [3.8, 4) is 0 Å². The second-order valence-electron chi connectivity index (χ2n) is 5.30. The highest BCUT2D eigenvalue weighted by molar-refractivity contribution is 7.86. The minimum atomic E-state index is -4.12. The number of fused-ring (bicyclic) bond motifs is 1. The summed E-state index contributed by atoms with van der Waals surface area (Å²) in [6, 6.07) is 14.1. The fraction of sp³-hybridized carbons (Fsp3) is 0.188. The van der Waals surface area contributed by atoms with Crippen molar-refractivity contribution in [2.24, 2.45) is 0 Å². The first-order valence-corrected chi connectivity index (χ1v) is 8.34. The molecule has 3 rings (SSSR count). The van der Waals surface area contributed by atoms with Gasteiger partial charge in [0, 0.05) is 11.3 Å². The van der Waals surface area contributed by atoms with Gasteiger partial charge in [-0.05, 0) is 36.2 Å². The summed E-state index contributed by atoms with van der Waals surface area (Å²) in [5, 5.41) is -0.993. The SMILES string of the molecule is C[C@H](c1ccc(N2Cc3ccccc3C2=O)cc1)S(=O)(=O)O. The molecule has 0 bridgehead atoms. The molecular weight excluding hydrogens is 302 g/mol. The number of anilines is 1. The van der Waals surface area contributed by atoms with Crippen LogP contribution in [0.3, 0.4) is 0 Å². The first kappa shape index (κ1) is 14.7. The van der Waals surface area contributed by atoms with Crippen LogP contribution in [0.4, 0.5) is 5.69 Å². The number of benzene rings is 2. The van der Waals surface area contributed by atoms with Crippen LogP contribution < -0.4 is 4.90 Å². The molecule has 1 heterocycles. The fourth-order valence-corrected chi connectivity index (χ4v) is 3.06. The Hall–Kier alpha value is -2.18. The van der Waals surface area contributed by atoms with Crippen molar-refractivity contribution in [1.29, 1.82) is 0 Å². The minimum absolute atomic E-state index is 0.0637. The normalized spacial score (nSPS) is 15.7. The van der Waals surface area contributed by atoms with E-state index in [1.807, 2.05) is 18.2 Å². The summed E-state index contributed by atoms with van der Waals surface area (Å²) in [5.74, 6) is -0.0637. The molecule has 0 unspecified atom stereocenters. The Kier molecular flexibility index (Phi) is 3.50. The van der Waals surface area contributed by atoms with Crippen molar-refractivity contribution in [2.45, 2.75) is 18.7 Å². The third-order valence-electron chi connectivity index (χ3n) is 3.94. The molecule has 0 aromatic heterocycles. The molecule has 2 aromatic carbocycles. The lowest BCUT2D eigenvalue weighted by molar-refractivity contribution is 0.0996. The van der Waals surface area contributed by atoms with Crippen molar-refractivity contribution in [3.05, 3.63) is 65.2 Å². The van der Waals surface area contributed by atoms with Crippen LogP contribution in [0.1, 0.15) is 33.7 Å². The molecule has 5 nitrogen and oxygen atoms in total. The molecule has 22 heavy (non-hydrogen) atoms. The van der Waals surface area contributed by atoms with Gasteiger partial charge in [0.1, 0.15) is 5.25 Å². The van der Waals surface area contributed by atoms with Crippen LogP contribution in [0.25, 0.3) is 0 Å². The van der Waals surface area contributed by atoms with Crippen molar-refractivity contribution in [3.63, 3.8) is 0 Å². The van der Waals surface area contributed by atoms with Gasteiger partial charge in [0.15, 0.2) is 0 Å². The van der Waals surface area contributed by atoms with Crippen LogP contribution in [0.5, 0.6) is 0 Å². The maximum absolute atomic E-state index is 12.4. The maximum Gasteiger partial charge on any atom is 0.271 e. The van der Waals surface area contributed by atoms with E-state index in [4.69, 9.17) is 4.55 Å². The Bertz CT molecular complexity index is 827. The first-order valence-electron chi connectivity index (χ1n) is 6.84. The van der Waals surface area contributed by atoms with E-state index in [-0.39, 0.29) is 5.91 Å². The molecule has 1 amide bonds. The Morgan fingerprint density at radius 3 is 2.32 bits per heavy atom. The van der Waals surface area contributed by atoms with E-state index < -0.39 is 15.4 Å². The largest absolute Gasteiger partial charge is 0.304 e. The highest BCUT2D eigenvalue weighted by atomic mass is 32.2. The predicted molar refractivity (Wildman–Crippen MR) is 83.4 cm³/mol. The van der Waals surface area contributed by atoms with Gasteiger partial charge in [-0.3, -0.25) is 9.35 Å². The predicted octanol–water partition coefficient (Wildman–Crippen LogP) is 2.80. The van der Waals surface area contributed by atoms with Gasteiger partial charge in [-0.25, -0.2) is 0 Å². The highest BCUT2D eigenvalue weighted by Gasteiger charge is 2.28. The zero-order chi connectivity index (χ0) is 15.9. The quantitative estimate of drug-likeness (QED) is 0.883. The molecule has 0 spiro atoms. The summed E-state index contributed by atoms with van der Waals surface area (Å²) in [7, 11) is -4.12. The molecule has 0 saturated heterocycles. The van der Waals surface area contributed by atoms with Crippen LogP contribution in [-0.4, -0.2) is 18.9 Å². The Labute approximate surface area is 128 Å². The average Bonchev–Trinajstić information content (AvgIpc) is 2.83. The minimum Gasteiger partial charge on any atom is -0.304 e. The van der Waals surface area contributed by atoms with Crippen LogP contribution in [0.2, 0.25) is 0 Å². The third-order valence-corrected chi connectivity index (χ3v) is 5.11. The van der Waals surface area contributed by atoms with Crippen molar-refractivity contribution < 1.29 is 17.8 Å². The van der Waals surface area contributed by atoms with Gasteiger partial charge < -0.3 is 4.90 Å². The molecule has 0 fully saturated rings. The molecule has 1 N–H and O–H groups in total. The van der Waals surface area contributed by atoms with Crippen LogP contribution in [-0.2, 0) is 16.7 Å². The third kappa shape index (κ3) is 2.51. The van der Waals surface area contributed by atoms with Crippen LogP contribution >= 0.6 is 0 Å². The lowest BCUT2D eigenvalue weighted by Crippen LogP contribution is -2.23. The molecule has 2 aromatic rings. The smallest absolute Gasteiger partial charge is 0.271 e. The summed E-state index contributed by atoms with van der Waals surface area (Å²) in [6.07, 6.45) is 0. The molecule has 6 heteroatoms. The van der Waals surface area contributed by atoms with E-state index >= 15 is 0 Å². The summed E-state index contributed by atoms with van der Waals surface area (Å²) >= 11 is 0. The molecule has 0 aliphatic carbocycles. The number of carbonyl (C=O) groups excluding carboxylic acids is 1. The first-order chi connectivity index (χ1) is 10.4. The van der Waals surface area contributed by atoms with E-state index in [0.717, 1.165) is 5.56 Å². The Morgan fingerprint density at radius 2 is 1.73 bits per heavy atom. The molecule has 1 aliphatic rings. The van der Waals surface area contributed by atoms with Gasteiger partial charge in [-0.15, -0.1) is 0 Å². The van der Waals surface area contributed by atoms with Crippen LogP contribution in [0.15, 0.2) is 48.5 Å². The zero-order valence-corrected chi connectivity index (χ0v) is 12.7. The van der Waals surface area contributed by atoms with E-state index in [1.165, 1.54) is 6.92 Å². The Morgan fingerprint density at radius 1 is 1.09 bits per heavy atom. The average molecular weight is 317 g/mol. The monoisotopic (exact) mass is 317 g/mol. The summed E-state index contributed by atoms with van der Waals surface area (Å²) < 4.78 is 31.4. The van der Waals surface area contributed by atoms with Gasteiger partial charge in [-0.1, -0.05) is 30.3 Å². The number of hydrogen-bond donors (Lipinski definition) is 1. The van der Waals surface area contributed by atoms with Crippen molar-refractivity contribution >= 4 is 21.7 Å². The number of amides is 1. The molecular formula is C16H15NO4S. The maximum atomic E-state index is 12.4. The lowest BCUT2D eigenvalue weighted by atomic mass is 10.1. The van der Waals surface area contributed by atoms with Crippen molar-refractivity contribution in [1.82, 2.24) is 0 Å². The topological polar surface area (TPSA) is 74.7 Å². The zero-order valence-electron chi connectivity index (χ0n) is 11.9. The van der Waals surface area contributed by atoms with Gasteiger partial charge in [-0.2, -0.15) is 8.42 Å². The van der Waals surface area contributed by atoms with E-state index in [2.05, 4.69) is 0 Å². The number of nitrogens with zero attached hydrogens (tertiary/aromatic N) is 1. The van der Waals surface area contributed by atoms with E-state index in [9.17, 15) is 13.2 Å². The standard InChI is InChI=1S/C16H15NO4S/c1-11(22(19,20)21)12-6-8-14(9-7-12)17-10-13-4-2-3-5-15(13)16(17)18/h2-9,11H,10H2,1H3,(H,19,20,21)/t11-/m1/s1. The lowest BCUT2D eigenvalue weighted by Gasteiger charge is -2.17. The summed E-state index contributed by atoms with van der Waals surface area (Å²) in [6.45, 7) is 1.92. The molecule has 0 saturated carbocycles. The van der Waals surface area contributed by atoms with E-state index in [1.54, 1.807) is 35.2 Å². The molecule has 114 valence electrons. The number of rotatable bonds is 3. The number of hydrogen-bond acceptors (Lipinski definition) is 3. The van der Waals surface area contributed by atoms with E-state index in [0.29, 0.717) is 23.4 Å². The van der Waals surface area contributed by atoms with Gasteiger partial charge in [0.2, 0.25) is 0 Å². The molecule has 0 radical (unpaired) electrons.